The number of carbonyl (C=O) groups excluding carboxylic acids is 1. The lowest BCUT2D eigenvalue weighted by Crippen LogP contribution is -2.13. The first kappa shape index (κ1) is 14.9. The van der Waals surface area contributed by atoms with Crippen LogP contribution in [-0.4, -0.2) is 10.9 Å². The SMILES string of the molecule is CCc1cc(C(=O)Nc2ccc(Br)cc2F)cc(Cl)n1. The van der Waals surface area contributed by atoms with Crippen molar-refractivity contribution >= 4 is 39.1 Å². The average molecular weight is 358 g/mol. The molecule has 0 atom stereocenters. The summed E-state index contributed by atoms with van der Waals surface area (Å²) in [6.07, 6.45) is 0.660. The van der Waals surface area contributed by atoms with Crippen LogP contribution >= 0.6 is 27.5 Å². The molecule has 2 aromatic rings. The number of hydrogen-bond acceptors (Lipinski definition) is 2. The number of anilines is 1. The van der Waals surface area contributed by atoms with Crippen LogP contribution in [0.3, 0.4) is 0 Å². The van der Waals surface area contributed by atoms with Crippen molar-refractivity contribution in [1.29, 1.82) is 0 Å². The van der Waals surface area contributed by atoms with Crippen LogP contribution in [0.1, 0.15) is 23.0 Å². The third kappa shape index (κ3) is 3.55. The molecular weight excluding hydrogens is 347 g/mol. The summed E-state index contributed by atoms with van der Waals surface area (Å²) in [6.45, 7) is 1.91. The first-order valence-electron chi connectivity index (χ1n) is 5.92. The van der Waals surface area contributed by atoms with Gasteiger partial charge in [0, 0.05) is 15.7 Å². The molecule has 1 aromatic heterocycles. The highest BCUT2D eigenvalue weighted by Gasteiger charge is 2.11. The molecule has 104 valence electrons. The number of rotatable bonds is 3. The second-order valence-corrected chi connectivity index (χ2v) is 5.40. The molecule has 1 aromatic carbocycles. The Hall–Kier alpha value is -1.46. The molecule has 0 radical (unpaired) electrons. The normalized spacial score (nSPS) is 10.4. The first-order chi connectivity index (χ1) is 9.49. The maximum absolute atomic E-state index is 13.7. The topological polar surface area (TPSA) is 42.0 Å². The zero-order valence-corrected chi connectivity index (χ0v) is 12.9. The van der Waals surface area contributed by atoms with Crippen molar-refractivity contribution in [3.05, 3.63) is 57.0 Å². The van der Waals surface area contributed by atoms with Crippen molar-refractivity contribution in [2.45, 2.75) is 13.3 Å². The molecule has 0 saturated carbocycles. The Labute approximate surface area is 129 Å². The van der Waals surface area contributed by atoms with Crippen LogP contribution in [0, 0.1) is 5.82 Å². The van der Waals surface area contributed by atoms with E-state index in [9.17, 15) is 9.18 Å². The second-order valence-electron chi connectivity index (χ2n) is 4.10. The van der Waals surface area contributed by atoms with Gasteiger partial charge in [-0.15, -0.1) is 0 Å². The average Bonchev–Trinajstić information content (AvgIpc) is 2.41. The predicted octanol–water partition coefficient (Wildman–Crippen LogP) is 4.45. The lowest BCUT2D eigenvalue weighted by Gasteiger charge is -2.08. The monoisotopic (exact) mass is 356 g/mol. The van der Waals surface area contributed by atoms with Gasteiger partial charge >= 0.3 is 0 Å². The molecule has 0 bridgehead atoms. The molecule has 0 unspecified atom stereocenters. The van der Waals surface area contributed by atoms with Crippen LogP contribution in [0.25, 0.3) is 0 Å². The molecule has 0 saturated heterocycles. The van der Waals surface area contributed by atoms with Gasteiger partial charge in [0.1, 0.15) is 11.0 Å². The molecule has 0 aliphatic heterocycles. The number of carbonyl (C=O) groups is 1. The van der Waals surface area contributed by atoms with E-state index in [4.69, 9.17) is 11.6 Å². The lowest BCUT2D eigenvalue weighted by atomic mass is 10.2. The summed E-state index contributed by atoms with van der Waals surface area (Å²) in [6, 6.07) is 7.51. The molecule has 20 heavy (non-hydrogen) atoms. The number of pyridine rings is 1. The number of nitrogens with one attached hydrogen (secondary N) is 1. The molecular formula is C14H11BrClFN2O. The van der Waals surface area contributed by atoms with Crippen LogP contribution < -0.4 is 5.32 Å². The molecule has 0 aliphatic rings. The minimum atomic E-state index is -0.511. The van der Waals surface area contributed by atoms with Crippen molar-refractivity contribution in [3.8, 4) is 0 Å². The Morgan fingerprint density at radius 3 is 2.80 bits per heavy atom. The van der Waals surface area contributed by atoms with Gasteiger partial charge in [-0.3, -0.25) is 4.79 Å². The molecule has 1 N–H and O–H groups in total. The van der Waals surface area contributed by atoms with Crippen molar-refractivity contribution in [2.24, 2.45) is 0 Å². The fraction of sp³-hybridized carbons (Fsp3) is 0.143. The Morgan fingerprint density at radius 2 is 2.15 bits per heavy atom. The molecule has 1 amide bonds. The standard InChI is InChI=1S/C14H11BrClFN2O/c1-2-10-5-8(6-13(16)18-10)14(20)19-12-4-3-9(15)7-11(12)17/h3-7H,2H2,1H3,(H,19,20). The highest BCUT2D eigenvalue weighted by molar-refractivity contribution is 9.10. The van der Waals surface area contributed by atoms with Crippen molar-refractivity contribution in [1.82, 2.24) is 4.98 Å². The summed E-state index contributed by atoms with van der Waals surface area (Å²) in [7, 11) is 0. The fourth-order valence-electron chi connectivity index (χ4n) is 1.65. The number of amides is 1. The number of aromatic nitrogens is 1. The minimum Gasteiger partial charge on any atom is -0.319 e. The van der Waals surface area contributed by atoms with Crippen LogP contribution in [-0.2, 0) is 6.42 Å². The highest BCUT2D eigenvalue weighted by Crippen LogP contribution is 2.20. The van der Waals surface area contributed by atoms with Crippen LogP contribution in [0.4, 0.5) is 10.1 Å². The maximum atomic E-state index is 13.7. The van der Waals surface area contributed by atoms with Gasteiger partial charge in [0.25, 0.3) is 5.91 Å². The molecule has 0 spiro atoms. The zero-order chi connectivity index (χ0) is 14.7. The Bertz CT molecular complexity index is 664. The number of benzene rings is 1. The van der Waals surface area contributed by atoms with Crippen molar-refractivity contribution < 1.29 is 9.18 Å². The number of nitrogens with zero attached hydrogens (tertiary/aromatic N) is 1. The summed E-state index contributed by atoms with van der Waals surface area (Å²) in [5, 5.41) is 2.75. The summed E-state index contributed by atoms with van der Waals surface area (Å²) < 4.78 is 14.3. The fourth-order valence-corrected chi connectivity index (χ4v) is 2.21. The van der Waals surface area contributed by atoms with E-state index >= 15 is 0 Å². The zero-order valence-electron chi connectivity index (χ0n) is 10.6. The van der Waals surface area contributed by atoms with Gasteiger partial charge in [0.05, 0.1) is 5.69 Å². The van der Waals surface area contributed by atoms with Crippen LogP contribution in [0.5, 0.6) is 0 Å². The molecule has 0 fully saturated rings. The van der Waals surface area contributed by atoms with Crippen LogP contribution in [0.2, 0.25) is 5.15 Å². The second kappa shape index (κ2) is 6.33. The summed E-state index contributed by atoms with van der Waals surface area (Å²) in [5.41, 5.74) is 1.17. The lowest BCUT2D eigenvalue weighted by molar-refractivity contribution is 0.102. The summed E-state index contributed by atoms with van der Waals surface area (Å²) in [5.74, 6) is -0.936. The van der Waals surface area contributed by atoms with Gasteiger partial charge < -0.3 is 5.32 Å². The van der Waals surface area contributed by atoms with Crippen molar-refractivity contribution in [3.63, 3.8) is 0 Å². The number of hydrogen-bond donors (Lipinski definition) is 1. The van der Waals surface area contributed by atoms with Gasteiger partial charge in [0.15, 0.2) is 0 Å². The van der Waals surface area contributed by atoms with E-state index in [1.807, 2.05) is 6.92 Å². The third-order valence-corrected chi connectivity index (χ3v) is 3.34. The predicted molar refractivity (Wildman–Crippen MR) is 80.7 cm³/mol. The minimum absolute atomic E-state index is 0.115. The smallest absolute Gasteiger partial charge is 0.255 e. The van der Waals surface area contributed by atoms with Gasteiger partial charge in [-0.2, -0.15) is 0 Å². The molecule has 2 rings (SSSR count). The number of aryl methyl sites for hydroxylation is 1. The van der Waals surface area contributed by atoms with E-state index < -0.39 is 11.7 Å². The molecule has 1 heterocycles. The number of halogens is 3. The van der Waals surface area contributed by atoms with E-state index in [-0.39, 0.29) is 10.8 Å². The first-order valence-corrected chi connectivity index (χ1v) is 7.09. The molecule has 0 aliphatic carbocycles. The van der Waals surface area contributed by atoms with Crippen LogP contribution in [0.15, 0.2) is 34.8 Å². The Balaban J connectivity index is 2.26. The third-order valence-electron chi connectivity index (χ3n) is 2.65. The van der Waals surface area contributed by atoms with Gasteiger partial charge in [-0.25, -0.2) is 9.37 Å². The Morgan fingerprint density at radius 1 is 1.40 bits per heavy atom. The maximum Gasteiger partial charge on any atom is 0.255 e. The van der Waals surface area contributed by atoms with E-state index in [1.54, 1.807) is 12.1 Å². The van der Waals surface area contributed by atoms with E-state index in [2.05, 4.69) is 26.2 Å². The highest BCUT2D eigenvalue weighted by atomic mass is 79.9. The van der Waals surface area contributed by atoms with E-state index in [1.165, 1.54) is 18.2 Å². The Kier molecular flexibility index (Phi) is 4.73. The van der Waals surface area contributed by atoms with Gasteiger partial charge in [-0.05, 0) is 36.8 Å². The largest absolute Gasteiger partial charge is 0.319 e. The van der Waals surface area contributed by atoms with Crippen molar-refractivity contribution in [2.75, 3.05) is 5.32 Å². The van der Waals surface area contributed by atoms with Gasteiger partial charge in [0.2, 0.25) is 0 Å². The van der Waals surface area contributed by atoms with E-state index in [0.29, 0.717) is 22.2 Å². The van der Waals surface area contributed by atoms with Gasteiger partial charge in [-0.1, -0.05) is 34.5 Å². The molecule has 6 heteroatoms. The molecule has 3 nitrogen and oxygen atoms in total. The van der Waals surface area contributed by atoms with E-state index in [0.717, 1.165) is 0 Å². The quantitative estimate of drug-likeness (QED) is 0.825. The summed E-state index contributed by atoms with van der Waals surface area (Å²) >= 11 is 9.01. The summed E-state index contributed by atoms with van der Waals surface area (Å²) in [4.78, 5) is 16.2.